The maximum atomic E-state index is 5.84. The van der Waals surface area contributed by atoms with E-state index in [9.17, 15) is 0 Å². The lowest BCUT2D eigenvalue weighted by molar-refractivity contribution is 0.184. The molecule has 17 heavy (non-hydrogen) atoms. The summed E-state index contributed by atoms with van der Waals surface area (Å²) in [5.74, 6) is 0.660. The number of aryl methyl sites for hydroxylation is 1. The first kappa shape index (κ1) is 12.0. The Labute approximate surface area is 104 Å². The van der Waals surface area contributed by atoms with Crippen molar-refractivity contribution in [2.75, 3.05) is 7.11 Å². The normalized spacial score (nSPS) is 10.8. The van der Waals surface area contributed by atoms with Crippen LogP contribution in [0.1, 0.15) is 17.0 Å². The molecule has 0 amide bonds. The third-order valence-electron chi connectivity index (χ3n) is 2.57. The van der Waals surface area contributed by atoms with Gasteiger partial charge in [-0.25, -0.2) is 14.6 Å². The molecule has 0 aliphatic rings. The predicted molar refractivity (Wildman–Crippen MR) is 64.4 cm³/mol. The molecule has 5 nitrogen and oxygen atoms in total. The summed E-state index contributed by atoms with van der Waals surface area (Å²) in [5.41, 5.74) is 3.00. The van der Waals surface area contributed by atoms with Crippen LogP contribution in [0.25, 0.3) is 5.82 Å². The molecule has 0 fully saturated rings. The Kier molecular flexibility index (Phi) is 3.40. The van der Waals surface area contributed by atoms with E-state index in [4.69, 9.17) is 16.3 Å². The highest BCUT2D eigenvalue weighted by Gasteiger charge is 2.13. The van der Waals surface area contributed by atoms with Gasteiger partial charge in [0.2, 0.25) is 0 Å². The molecule has 0 atom stereocenters. The lowest BCUT2D eigenvalue weighted by atomic mass is 10.2. The fraction of sp³-hybridized carbons (Fsp3) is 0.364. The van der Waals surface area contributed by atoms with E-state index in [1.54, 1.807) is 17.9 Å². The number of hydrogen-bond acceptors (Lipinski definition) is 4. The van der Waals surface area contributed by atoms with Crippen LogP contribution in [0, 0.1) is 13.8 Å². The van der Waals surface area contributed by atoms with Crippen molar-refractivity contribution in [3.8, 4) is 5.82 Å². The Balaban J connectivity index is 2.50. The van der Waals surface area contributed by atoms with Crippen LogP contribution in [0.15, 0.2) is 12.4 Å². The highest BCUT2D eigenvalue weighted by atomic mass is 35.5. The van der Waals surface area contributed by atoms with Crippen molar-refractivity contribution in [3.05, 3.63) is 34.5 Å². The summed E-state index contributed by atoms with van der Waals surface area (Å²) in [6.45, 7) is 4.46. The van der Waals surface area contributed by atoms with E-state index < -0.39 is 0 Å². The minimum atomic E-state index is 0.399. The molecule has 0 saturated carbocycles. The van der Waals surface area contributed by atoms with E-state index in [1.165, 1.54) is 6.33 Å². The van der Waals surface area contributed by atoms with E-state index in [1.807, 2.05) is 13.8 Å². The molecule has 0 aliphatic carbocycles. The van der Waals surface area contributed by atoms with E-state index in [2.05, 4.69) is 15.1 Å². The van der Waals surface area contributed by atoms with Crippen molar-refractivity contribution in [2.45, 2.75) is 20.5 Å². The van der Waals surface area contributed by atoms with Crippen LogP contribution in [0.2, 0.25) is 5.15 Å². The summed E-state index contributed by atoms with van der Waals surface area (Å²) in [7, 11) is 1.66. The molecule has 0 aromatic carbocycles. The quantitative estimate of drug-likeness (QED) is 0.785. The monoisotopic (exact) mass is 252 g/mol. The summed E-state index contributed by atoms with van der Waals surface area (Å²) < 4.78 is 6.90. The van der Waals surface area contributed by atoms with Crippen LogP contribution >= 0.6 is 11.6 Å². The van der Waals surface area contributed by atoms with E-state index in [0.717, 1.165) is 17.0 Å². The van der Waals surface area contributed by atoms with Crippen LogP contribution in [-0.4, -0.2) is 26.9 Å². The Morgan fingerprint density at radius 2 is 2.12 bits per heavy atom. The number of ether oxygens (including phenoxy) is 1. The van der Waals surface area contributed by atoms with Gasteiger partial charge in [0.05, 0.1) is 12.3 Å². The molecule has 0 aliphatic heterocycles. The van der Waals surface area contributed by atoms with Gasteiger partial charge in [-0.2, -0.15) is 5.10 Å². The Morgan fingerprint density at radius 1 is 1.35 bits per heavy atom. The van der Waals surface area contributed by atoms with Crippen LogP contribution < -0.4 is 0 Å². The van der Waals surface area contributed by atoms with Gasteiger partial charge in [0.15, 0.2) is 5.82 Å². The third kappa shape index (κ3) is 2.30. The lowest BCUT2D eigenvalue weighted by Gasteiger charge is -2.04. The zero-order chi connectivity index (χ0) is 12.4. The first-order valence-electron chi connectivity index (χ1n) is 5.15. The maximum absolute atomic E-state index is 5.84. The molecule has 0 saturated heterocycles. The largest absolute Gasteiger partial charge is 0.380 e. The second kappa shape index (κ2) is 4.81. The first-order chi connectivity index (χ1) is 8.13. The SMILES string of the molecule is COCc1c(C)nn(-c2cc(Cl)ncn2)c1C. The summed E-state index contributed by atoms with van der Waals surface area (Å²) in [6.07, 6.45) is 1.42. The minimum Gasteiger partial charge on any atom is -0.380 e. The molecule has 2 aromatic heterocycles. The van der Waals surface area contributed by atoms with Crippen LogP contribution in [0.3, 0.4) is 0 Å². The molecule has 0 unspecified atom stereocenters. The van der Waals surface area contributed by atoms with Crippen LogP contribution in [0.5, 0.6) is 0 Å². The molecule has 90 valence electrons. The van der Waals surface area contributed by atoms with Gasteiger partial charge in [0.1, 0.15) is 11.5 Å². The molecular formula is C11H13ClN4O. The van der Waals surface area contributed by atoms with Crippen LogP contribution in [0.4, 0.5) is 0 Å². The molecule has 2 rings (SSSR count). The van der Waals surface area contributed by atoms with Crippen molar-refractivity contribution in [2.24, 2.45) is 0 Å². The second-order valence-corrected chi connectivity index (χ2v) is 4.08. The van der Waals surface area contributed by atoms with Crippen molar-refractivity contribution < 1.29 is 4.74 Å². The molecule has 0 bridgehead atoms. The van der Waals surface area contributed by atoms with Gasteiger partial charge in [0, 0.05) is 24.4 Å². The molecule has 0 spiro atoms. The Hall–Kier alpha value is -1.46. The highest BCUT2D eigenvalue weighted by molar-refractivity contribution is 6.29. The number of hydrogen-bond donors (Lipinski definition) is 0. The number of methoxy groups -OCH3 is 1. The number of aromatic nitrogens is 4. The first-order valence-corrected chi connectivity index (χ1v) is 5.53. The van der Waals surface area contributed by atoms with Gasteiger partial charge in [-0.15, -0.1) is 0 Å². The van der Waals surface area contributed by atoms with Gasteiger partial charge < -0.3 is 4.74 Å². The Bertz CT molecular complexity index is 538. The van der Waals surface area contributed by atoms with Crippen molar-refractivity contribution >= 4 is 11.6 Å². The van der Waals surface area contributed by atoms with Gasteiger partial charge in [-0.05, 0) is 13.8 Å². The maximum Gasteiger partial charge on any atom is 0.158 e. The molecule has 0 N–H and O–H groups in total. The van der Waals surface area contributed by atoms with E-state index in [-0.39, 0.29) is 0 Å². The fourth-order valence-electron chi connectivity index (χ4n) is 1.69. The zero-order valence-electron chi connectivity index (χ0n) is 9.94. The molecule has 0 radical (unpaired) electrons. The third-order valence-corrected chi connectivity index (χ3v) is 2.77. The summed E-state index contributed by atoms with van der Waals surface area (Å²) in [6, 6.07) is 1.68. The summed E-state index contributed by atoms with van der Waals surface area (Å²) in [5, 5.41) is 4.83. The van der Waals surface area contributed by atoms with Gasteiger partial charge in [0.25, 0.3) is 0 Å². The van der Waals surface area contributed by atoms with Crippen molar-refractivity contribution in [3.63, 3.8) is 0 Å². The van der Waals surface area contributed by atoms with Gasteiger partial charge in [-0.3, -0.25) is 0 Å². The average Bonchev–Trinajstić information content (AvgIpc) is 2.57. The number of nitrogens with zero attached hydrogens (tertiary/aromatic N) is 4. The zero-order valence-corrected chi connectivity index (χ0v) is 10.7. The van der Waals surface area contributed by atoms with E-state index in [0.29, 0.717) is 17.6 Å². The second-order valence-electron chi connectivity index (χ2n) is 3.69. The summed E-state index contributed by atoms with van der Waals surface area (Å²) >= 11 is 5.84. The predicted octanol–water partition coefficient (Wildman–Crippen LogP) is 2.08. The van der Waals surface area contributed by atoms with Crippen LogP contribution in [-0.2, 0) is 11.3 Å². The Morgan fingerprint density at radius 3 is 2.76 bits per heavy atom. The molecule has 2 heterocycles. The van der Waals surface area contributed by atoms with Crippen molar-refractivity contribution in [1.29, 1.82) is 0 Å². The molecule has 6 heteroatoms. The van der Waals surface area contributed by atoms with Gasteiger partial charge >= 0.3 is 0 Å². The average molecular weight is 253 g/mol. The lowest BCUT2D eigenvalue weighted by Crippen LogP contribution is -2.02. The summed E-state index contributed by atoms with van der Waals surface area (Å²) in [4.78, 5) is 8.00. The number of halogens is 1. The topological polar surface area (TPSA) is 52.8 Å². The molecule has 2 aromatic rings. The molecular weight excluding hydrogens is 240 g/mol. The highest BCUT2D eigenvalue weighted by Crippen LogP contribution is 2.18. The fourth-order valence-corrected chi connectivity index (χ4v) is 1.83. The standard InChI is InChI=1S/C11H13ClN4O/c1-7-9(5-17-3)8(2)16(15-7)11-4-10(12)13-6-14-11/h4,6H,5H2,1-3H3. The number of rotatable bonds is 3. The van der Waals surface area contributed by atoms with E-state index >= 15 is 0 Å². The van der Waals surface area contributed by atoms with Gasteiger partial charge in [-0.1, -0.05) is 11.6 Å². The van der Waals surface area contributed by atoms with Crippen molar-refractivity contribution in [1.82, 2.24) is 19.7 Å². The smallest absolute Gasteiger partial charge is 0.158 e. The minimum absolute atomic E-state index is 0.399.